The summed E-state index contributed by atoms with van der Waals surface area (Å²) in [6.45, 7) is 20.0. The number of para-hydroxylation sites is 3. The van der Waals surface area contributed by atoms with Gasteiger partial charge < -0.3 is 5.32 Å². The largest absolute Gasteiger partial charge is 0.349 e. The van der Waals surface area contributed by atoms with Crippen LogP contribution < -0.4 is 5.32 Å². The molecule has 4 aromatic carbocycles. The maximum absolute atomic E-state index is 12.0. The maximum atomic E-state index is 12.0. The molecule has 0 aliphatic rings. The van der Waals surface area contributed by atoms with Crippen LogP contribution >= 0.6 is 0 Å². The molecule has 0 aliphatic carbocycles. The number of nitrogens with one attached hydrogen (secondary N) is 1. The van der Waals surface area contributed by atoms with E-state index >= 15 is 0 Å². The van der Waals surface area contributed by atoms with Gasteiger partial charge in [-0.1, -0.05) is 135 Å². The highest BCUT2D eigenvalue weighted by molar-refractivity contribution is 5.94. The molecule has 4 heteroatoms. The van der Waals surface area contributed by atoms with Crippen molar-refractivity contribution >= 4 is 17.1 Å². The molecule has 40 heavy (non-hydrogen) atoms. The predicted molar refractivity (Wildman–Crippen MR) is 170 cm³/mol. The van der Waals surface area contributed by atoms with Crippen molar-refractivity contribution in [3.05, 3.63) is 112 Å². The molecular weight excluding hydrogens is 492 g/mol. The van der Waals surface area contributed by atoms with E-state index in [1.165, 1.54) is 16.7 Å². The Morgan fingerprint density at radius 3 is 1.62 bits per heavy atom. The number of nitrogens with zero attached hydrogens (tertiary/aromatic N) is 1. The molecule has 0 unspecified atom stereocenters. The highest BCUT2D eigenvalue weighted by Gasteiger charge is 2.24. The number of nitro groups is 1. The predicted octanol–water partition coefficient (Wildman–Crippen LogP) is 10.6. The summed E-state index contributed by atoms with van der Waals surface area (Å²) in [5.74, 6) is 0. The summed E-state index contributed by atoms with van der Waals surface area (Å²) in [5.41, 5.74) is 9.19. The van der Waals surface area contributed by atoms with Crippen molar-refractivity contribution in [3.8, 4) is 22.3 Å². The molecule has 4 rings (SSSR count). The van der Waals surface area contributed by atoms with Crippen molar-refractivity contribution in [2.75, 3.05) is 5.32 Å². The fourth-order valence-corrected chi connectivity index (χ4v) is 4.84. The van der Waals surface area contributed by atoms with Gasteiger partial charge in [-0.25, -0.2) is 0 Å². The summed E-state index contributed by atoms with van der Waals surface area (Å²) in [5, 5.41) is 15.5. The first-order valence-corrected chi connectivity index (χ1v) is 14.0. The van der Waals surface area contributed by atoms with Crippen LogP contribution in [0.4, 0.5) is 17.1 Å². The van der Waals surface area contributed by atoms with Gasteiger partial charge in [0.2, 0.25) is 0 Å². The number of benzene rings is 4. The third-order valence-corrected chi connectivity index (χ3v) is 7.44. The van der Waals surface area contributed by atoms with Gasteiger partial charge in [0.05, 0.1) is 10.6 Å². The molecule has 0 saturated heterocycles. The highest BCUT2D eigenvalue weighted by Crippen LogP contribution is 2.43. The van der Waals surface area contributed by atoms with E-state index in [0.717, 1.165) is 27.9 Å². The van der Waals surface area contributed by atoms with Crippen LogP contribution in [0.2, 0.25) is 0 Å². The van der Waals surface area contributed by atoms with Crippen molar-refractivity contribution in [2.45, 2.75) is 78.6 Å². The lowest BCUT2D eigenvalue weighted by Gasteiger charge is -2.27. The van der Waals surface area contributed by atoms with E-state index in [0.29, 0.717) is 5.69 Å². The van der Waals surface area contributed by atoms with E-state index in [4.69, 9.17) is 0 Å². The van der Waals surface area contributed by atoms with Crippen LogP contribution in [0.5, 0.6) is 0 Å². The maximum Gasteiger partial charge on any atom is 0.292 e. The van der Waals surface area contributed by atoms with Crippen LogP contribution in [0.1, 0.15) is 79.0 Å². The number of anilines is 2. The third kappa shape index (κ3) is 6.28. The van der Waals surface area contributed by atoms with E-state index in [1.807, 2.05) is 6.07 Å². The van der Waals surface area contributed by atoms with E-state index in [2.05, 4.69) is 128 Å². The quantitative estimate of drug-likeness (QED) is 0.205. The Balaban J connectivity index is 2.04. The zero-order valence-electron chi connectivity index (χ0n) is 25.3. The first-order chi connectivity index (χ1) is 18.6. The van der Waals surface area contributed by atoms with Crippen LogP contribution in [0, 0.1) is 10.1 Å². The van der Waals surface area contributed by atoms with Gasteiger partial charge in [0.15, 0.2) is 0 Å². The fourth-order valence-electron chi connectivity index (χ4n) is 4.84. The van der Waals surface area contributed by atoms with E-state index in [9.17, 15) is 10.1 Å². The molecule has 0 spiro atoms. The lowest BCUT2D eigenvalue weighted by atomic mass is 9.78. The normalized spacial score (nSPS) is 12.3. The smallest absolute Gasteiger partial charge is 0.292 e. The molecule has 0 bridgehead atoms. The van der Waals surface area contributed by atoms with Crippen molar-refractivity contribution < 1.29 is 4.92 Å². The van der Waals surface area contributed by atoms with Gasteiger partial charge in [0.25, 0.3) is 5.69 Å². The number of rotatable bonds is 5. The minimum absolute atomic E-state index is 0.0118. The Bertz CT molecular complexity index is 1510. The Labute approximate surface area is 239 Å². The summed E-state index contributed by atoms with van der Waals surface area (Å²) in [6, 6.07) is 28.6. The Morgan fingerprint density at radius 2 is 1.07 bits per heavy atom. The standard InChI is InChI=1S/C36H42N2O2/c1-34(2,3)26-15-12-14-24(20-26)29-16-13-17-30(33(29)37-31-18-10-11-19-32(31)38(39)40)25-21-27(35(4,5)6)23-28(22-25)36(7,8)9/h10-23,37H,1-9H3. The zero-order chi connectivity index (χ0) is 29.5. The second-order valence-corrected chi connectivity index (χ2v) is 13.8. The van der Waals surface area contributed by atoms with Gasteiger partial charge >= 0.3 is 0 Å². The van der Waals surface area contributed by atoms with Crippen molar-refractivity contribution in [1.29, 1.82) is 0 Å². The number of hydrogen-bond donors (Lipinski definition) is 1. The molecule has 0 aromatic heterocycles. The van der Waals surface area contributed by atoms with Gasteiger partial charge in [0.1, 0.15) is 5.69 Å². The topological polar surface area (TPSA) is 55.2 Å². The first-order valence-electron chi connectivity index (χ1n) is 14.0. The van der Waals surface area contributed by atoms with E-state index in [-0.39, 0.29) is 26.9 Å². The van der Waals surface area contributed by atoms with Gasteiger partial charge in [0, 0.05) is 17.2 Å². The Morgan fingerprint density at radius 1 is 0.575 bits per heavy atom. The van der Waals surface area contributed by atoms with Crippen molar-refractivity contribution in [3.63, 3.8) is 0 Å². The molecule has 208 valence electrons. The van der Waals surface area contributed by atoms with Crippen LogP contribution in [0.25, 0.3) is 22.3 Å². The average Bonchev–Trinajstić information content (AvgIpc) is 2.87. The molecule has 0 saturated carbocycles. The van der Waals surface area contributed by atoms with Crippen LogP contribution in [-0.2, 0) is 16.2 Å². The molecule has 0 fully saturated rings. The number of nitro benzene ring substituents is 1. The van der Waals surface area contributed by atoms with Crippen molar-refractivity contribution in [2.24, 2.45) is 0 Å². The molecule has 0 radical (unpaired) electrons. The fraction of sp³-hybridized carbons (Fsp3) is 0.333. The molecule has 0 atom stereocenters. The van der Waals surface area contributed by atoms with Gasteiger partial charge in [-0.05, 0) is 50.1 Å². The highest BCUT2D eigenvalue weighted by atomic mass is 16.6. The van der Waals surface area contributed by atoms with Gasteiger partial charge in [-0.15, -0.1) is 0 Å². The van der Waals surface area contributed by atoms with Crippen molar-refractivity contribution in [1.82, 2.24) is 0 Å². The van der Waals surface area contributed by atoms with Crippen LogP contribution in [0.3, 0.4) is 0 Å². The van der Waals surface area contributed by atoms with E-state index in [1.54, 1.807) is 18.2 Å². The SMILES string of the molecule is CC(C)(C)c1cccc(-c2cccc(-c3cc(C(C)(C)C)cc(C(C)(C)C)c3)c2Nc2ccccc2[N+](=O)[O-])c1. The average molecular weight is 535 g/mol. The summed E-state index contributed by atoms with van der Waals surface area (Å²) in [6.07, 6.45) is 0. The molecule has 4 aromatic rings. The van der Waals surface area contributed by atoms with Crippen LogP contribution in [0.15, 0.2) is 84.9 Å². The summed E-state index contributed by atoms with van der Waals surface area (Å²) >= 11 is 0. The molecule has 1 N–H and O–H groups in total. The molecular formula is C36H42N2O2. The minimum atomic E-state index is -0.331. The Hall–Kier alpha value is -3.92. The summed E-state index contributed by atoms with van der Waals surface area (Å²) < 4.78 is 0. The second kappa shape index (κ2) is 10.6. The molecule has 0 amide bonds. The Kier molecular flexibility index (Phi) is 7.68. The zero-order valence-corrected chi connectivity index (χ0v) is 25.3. The van der Waals surface area contributed by atoms with E-state index < -0.39 is 0 Å². The third-order valence-electron chi connectivity index (χ3n) is 7.44. The lowest BCUT2D eigenvalue weighted by Crippen LogP contribution is -2.16. The monoisotopic (exact) mass is 534 g/mol. The minimum Gasteiger partial charge on any atom is -0.349 e. The van der Waals surface area contributed by atoms with Crippen LogP contribution in [-0.4, -0.2) is 4.92 Å². The summed E-state index contributed by atoms with van der Waals surface area (Å²) in [4.78, 5) is 11.6. The molecule has 4 nitrogen and oxygen atoms in total. The first kappa shape index (κ1) is 29.1. The molecule has 0 heterocycles. The summed E-state index contributed by atoms with van der Waals surface area (Å²) in [7, 11) is 0. The lowest BCUT2D eigenvalue weighted by molar-refractivity contribution is -0.383. The molecule has 0 aliphatic heterocycles. The number of hydrogen-bond acceptors (Lipinski definition) is 3. The second-order valence-electron chi connectivity index (χ2n) is 13.8. The van der Waals surface area contributed by atoms with Gasteiger partial charge in [-0.3, -0.25) is 10.1 Å². The van der Waals surface area contributed by atoms with Gasteiger partial charge in [-0.2, -0.15) is 0 Å².